The highest BCUT2D eigenvalue weighted by molar-refractivity contribution is 5.94. The number of rotatable bonds is 6. The maximum absolute atomic E-state index is 13.0. The largest absolute Gasteiger partial charge is 0.336 e. The molecule has 0 radical (unpaired) electrons. The third-order valence-electron chi connectivity index (χ3n) is 10.2. The molecule has 3 aliphatic carbocycles. The van der Waals surface area contributed by atoms with Crippen molar-refractivity contribution >= 4 is 29.7 Å². The molecule has 3 amide bonds. The Hall–Kier alpha value is -2.70. The molecule has 1 aromatic rings. The van der Waals surface area contributed by atoms with E-state index in [0.717, 1.165) is 32.2 Å². The number of pyridine rings is 1. The monoisotopic (exact) mass is 478 g/mol. The predicted molar refractivity (Wildman–Crippen MR) is 135 cm³/mol. The van der Waals surface area contributed by atoms with E-state index >= 15 is 0 Å². The van der Waals surface area contributed by atoms with Crippen molar-refractivity contribution in [2.75, 3.05) is 17.2 Å². The van der Waals surface area contributed by atoms with E-state index < -0.39 is 0 Å². The predicted octanol–water partition coefficient (Wildman–Crippen LogP) is 4.62. The van der Waals surface area contributed by atoms with Gasteiger partial charge in [-0.1, -0.05) is 19.9 Å². The Morgan fingerprint density at radius 2 is 2.03 bits per heavy atom. The van der Waals surface area contributed by atoms with Gasteiger partial charge in [0.1, 0.15) is 0 Å². The highest BCUT2D eigenvalue weighted by atomic mass is 16.2. The minimum Gasteiger partial charge on any atom is -0.336 e. The maximum Gasteiger partial charge on any atom is 0.246 e. The summed E-state index contributed by atoms with van der Waals surface area (Å²) in [6, 6.07) is 3.77. The first-order valence-corrected chi connectivity index (χ1v) is 13.3. The summed E-state index contributed by atoms with van der Waals surface area (Å²) in [6.07, 6.45) is 13.6. The maximum atomic E-state index is 13.0. The molecule has 188 valence electrons. The van der Waals surface area contributed by atoms with E-state index in [0.29, 0.717) is 54.0 Å². The summed E-state index contributed by atoms with van der Waals surface area (Å²) in [4.78, 5) is 42.8. The lowest BCUT2D eigenvalue weighted by molar-refractivity contribution is -0.141. The van der Waals surface area contributed by atoms with Crippen LogP contribution < -0.4 is 10.6 Å². The van der Waals surface area contributed by atoms with Gasteiger partial charge < -0.3 is 15.5 Å². The highest BCUT2D eigenvalue weighted by Crippen LogP contribution is 2.66. The number of nitrogens with one attached hydrogen (secondary N) is 2. The van der Waals surface area contributed by atoms with Crippen LogP contribution in [0.15, 0.2) is 30.5 Å². The van der Waals surface area contributed by atoms with E-state index in [1.165, 1.54) is 12.8 Å². The number of anilines is 2. The number of likely N-dealkylation sites (N-methyl/N-ethyl adjacent to an activating group) is 1. The fourth-order valence-electron chi connectivity index (χ4n) is 8.51. The zero-order chi connectivity index (χ0) is 24.8. The Labute approximate surface area is 208 Å². The van der Waals surface area contributed by atoms with Crippen molar-refractivity contribution in [3.63, 3.8) is 0 Å². The molecule has 7 heteroatoms. The summed E-state index contributed by atoms with van der Waals surface area (Å²) >= 11 is 0. The van der Waals surface area contributed by atoms with Gasteiger partial charge in [0.15, 0.2) is 5.82 Å². The van der Waals surface area contributed by atoms with Crippen molar-refractivity contribution in [1.29, 1.82) is 0 Å². The molecule has 2 N–H and O–H groups in total. The van der Waals surface area contributed by atoms with E-state index in [1.54, 1.807) is 18.3 Å². The fourth-order valence-corrected chi connectivity index (χ4v) is 8.51. The summed E-state index contributed by atoms with van der Waals surface area (Å²) in [5, 5.41) is 5.54. The van der Waals surface area contributed by atoms with Crippen LogP contribution in [0.2, 0.25) is 0 Å². The molecule has 4 aliphatic rings. The minimum absolute atomic E-state index is 0.0327. The van der Waals surface area contributed by atoms with Gasteiger partial charge in [0.05, 0.1) is 5.69 Å². The van der Waals surface area contributed by atoms with Crippen LogP contribution >= 0.6 is 0 Å². The molecule has 3 saturated carbocycles. The van der Waals surface area contributed by atoms with E-state index in [9.17, 15) is 14.4 Å². The molecule has 1 aromatic heterocycles. The Balaban J connectivity index is 1.31. The van der Waals surface area contributed by atoms with Crippen LogP contribution in [-0.2, 0) is 14.4 Å². The molecule has 35 heavy (non-hydrogen) atoms. The fraction of sp³-hybridized carbons (Fsp3) is 0.643. The molecule has 0 spiro atoms. The van der Waals surface area contributed by atoms with Gasteiger partial charge in [-0.3, -0.25) is 14.4 Å². The van der Waals surface area contributed by atoms with Gasteiger partial charge >= 0.3 is 0 Å². The van der Waals surface area contributed by atoms with Gasteiger partial charge in [0.2, 0.25) is 18.2 Å². The first-order valence-electron chi connectivity index (χ1n) is 13.3. The van der Waals surface area contributed by atoms with Crippen molar-refractivity contribution in [3.8, 4) is 0 Å². The van der Waals surface area contributed by atoms with Gasteiger partial charge in [-0.25, -0.2) is 4.98 Å². The molecule has 2 heterocycles. The van der Waals surface area contributed by atoms with Crippen molar-refractivity contribution < 1.29 is 14.4 Å². The third kappa shape index (κ3) is 3.87. The van der Waals surface area contributed by atoms with Crippen molar-refractivity contribution in [1.82, 2.24) is 9.88 Å². The van der Waals surface area contributed by atoms with Crippen molar-refractivity contribution in [2.24, 2.45) is 34.5 Å². The molecular weight excluding hydrogens is 440 g/mol. The Kier molecular flexibility index (Phi) is 6.22. The van der Waals surface area contributed by atoms with Crippen LogP contribution in [-0.4, -0.2) is 40.7 Å². The molecule has 1 aliphatic heterocycles. The van der Waals surface area contributed by atoms with Gasteiger partial charge in [-0.2, -0.15) is 0 Å². The van der Waals surface area contributed by atoms with E-state index in [1.807, 2.05) is 6.08 Å². The number of hydrogen-bond donors (Lipinski definition) is 2. The lowest BCUT2D eigenvalue weighted by Gasteiger charge is -2.60. The van der Waals surface area contributed by atoms with Crippen LogP contribution in [0.4, 0.5) is 11.5 Å². The summed E-state index contributed by atoms with van der Waals surface area (Å²) in [7, 11) is 0. The topological polar surface area (TPSA) is 91.4 Å². The number of carbonyl (C=O) groups is 3. The number of amides is 3. The van der Waals surface area contributed by atoms with E-state index in [4.69, 9.17) is 0 Å². The Morgan fingerprint density at radius 1 is 1.20 bits per heavy atom. The SMILES string of the molecule is CCN1C(=O)C=C[C@]2(C)[C@H]3CC[C@]4(C)[C@@H](CC(=O)Nc5ncccc5NC=O)CC[C@H]4[C@@H]3CC[C@@H]12. The lowest BCUT2D eigenvalue weighted by atomic mass is 9.47. The molecular formula is C28H38N4O3. The summed E-state index contributed by atoms with van der Waals surface area (Å²) in [6.45, 7) is 7.68. The molecule has 7 nitrogen and oxygen atoms in total. The van der Waals surface area contributed by atoms with Crippen molar-refractivity contribution in [3.05, 3.63) is 30.5 Å². The average Bonchev–Trinajstić information content (AvgIpc) is 3.17. The second kappa shape index (κ2) is 9.07. The van der Waals surface area contributed by atoms with E-state index in [2.05, 4.69) is 47.4 Å². The lowest BCUT2D eigenvalue weighted by Crippen LogP contribution is -2.60. The summed E-state index contributed by atoms with van der Waals surface area (Å²) in [5.41, 5.74) is 0.718. The molecule has 7 atom stereocenters. The standard InChI is InChI=1S/C28H38N4O3/c1-4-32-23-10-8-19-20-9-7-18(16-24(34)31-26-22(30-17-33)6-5-15-29-26)27(20,2)13-11-21(19)28(23,3)14-12-25(32)35/h5-6,12,14-15,17-21,23H,4,7-11,13,16H2,1-3H3,(H,30,33)(H,29,31,34)/t18-,19+,20+,21+,23-,27-,28-/m1/s1. The number of fused-ring (bicyclic) bond motifs is 5. The Morgan fingerprint density at radius 3 is 2.80 bits per heavy atom. The Bertz CT molecular complexity index is 1040. The first-order chi connectivity index (χ1) is 16.8. The van der Waals surface area contributed by atoms with E-state index in [-0.39, 0.29) is 22.6 Å². The van der Waals surface area contributed by atoms with Crippen LogP contribution in [0.5, 0.6) is 0 Å². The third-order valence-corrected chi connectivity index (χ3v) is 10.2. The molecule has 0 bridgehead atoms. The minimum atomic E-state index is -0.0327. The number of carbonyl (C=O) groups excluding carboxylic acids is 3. The molecule has 0 saturated heterocycles. The van der Waals surface area contributed by atoms with Crippen LogP contribution in [0.1, 0.15) is 65.7 Å². The smallest absolute Gasteiger partial charge is 0.246 e. The number of nitrogens with zero attached hydrogens (tertiary/aromatic N) is 2. The van der Waals surface area contributed by atoms with Gasteiger partial charge in [0, 0.05) is 30.6 Å². The molecule has 0 unspecified atom stereocenters. The van der Waals surface area contributed by atoms with Crippen LogP contribution in [0.25, 0.3) is 0 Å². The normalized spacial score (nSPS) is 37.7. The van der Waals surface area contributed by atoms with Gasteiger partial charge in [-0.15, -0.1) is 0 Å². The average molecular weight is 479 g/mol. The zero-order valence-corrected chi connectivity index (χ0v) is 21.1. The number of hydrogen-bond acceptors (Lipinski definition) is 4. The van der Waals surface area contributed by atoms with Crippen molar-refractivity contribution in [2.45, 2.75) is 71.8 Å². The van der Waals surface area contributed by atoms with Gasteiger partial charge in [0.25, 0.3) is 0 Å². The quantitative estimate of drug-likeness (QED) is 0.584. The summed E-state index contributed by atoms with van der Waals surface area (Å²) < 4.78 is 0. The highest BCUT2D eigenvalue weighted by Gasteiger charge is 2.60. The molecule has 5 rings (SSSR count). The second-order valence-corrected chi connectivity index (χ2v) is 11.5. The number of aromatic nitrogens is 1. The second-order valence-electron chi connectivity index (χ2n) is 11.5. The van der Waals surface area contributed by atoms with Gasteiger partial charge in [-0.05, 0) is 92.7 Å². The zero-order valence-electron chi connectivity index (χ0n) is 21.1. The molecule has 0 aromatic carbocycles. The van der Waals surface area contributed by atoms with Crippen LogP contribution in [0, 0.1) is 34.5 Å². The molecule has 3 fully saturated rings. The summed E-state index contributed by atoms with van der Waals surface area (Å²) in [5.74, 6) is 2.75. The first kappa shape index (κ1) is 24.0. The van der Waals surface area contributed by atoms with Crippen LogP contribution in [0.3, 0.4) is 0 Å².